The van der Waals surface area contributed by atoms with Gasteiger partial charge in [0.25, 0.3) is 11.6 Å². The van der Waals surface area contributed by atoms with E-state index in [2.05, 4.69) is 5.32 Å². The van der Waals surface area contributed by atoms with Gasteiger partial charge in [-0.25, -0.2) is 0 Å². The fraction of sp³-hybridized carbons (Fsp3) is 0.263. The summed E-state index contributed by atoms with van der Waals surface area (Å²) in [6.45, 7) is 2.57. The number of piperidine rings is 1. The fourth-order valence-corrected chi connectivity index (χ4v) is 3.28. The highest BCUT2D eigenvalue weighted by atomic mass is 35.5. The summed E-state index contributed by atoms with van der Waals surface area (Å²) in [4.78, 5) is 36.6. The Kier molecular flexibility index (Phi) is 5.41. The van der Waals surface area contributed by atoms with Crippen LogP contribution in [0.15, 0.2) is 36.4 Å². The number of hydrogen-bond acceptors (Lipinski definition) is 4. The van der Waals surface area contributed by atoms with Crippen LogP contribution in [-0.4, -0.2) is 23.3 Å². The van der Waals surface area contributed by atoms with Gasteiger partial charge in [0, 0.05) is 36.0 Å². The molecule has 8 heteroatoms. The van der Waals surface area contributed by atoms with E-state index >= 15 is 0 Å². The largest absolute Gasteiger partial charge is 0.322 e. The first-order chi connectivity index (χ1) is 12.9. The molecule has 0 spiro atoms. The molecule has 1 heterocycles. The number of amides is 2. The van der Waals surface area contributed by atoms with Crippen molar-refractivity contribution in [1.82, 2.24) is 0 Å². The maximum Gasteiger partial charge on any atom is 0.288 e. The van der Waals surface area contributed by atoms with Crippen LogP contribution in [0.1, 0.15) is 35.2 Å². The van der Waals surface area contributed by atoms with Crippen LogP contribution in [0.3, 0.4) is 0 Å². The average Bonchev–Trinajstić information content (AvgIpc) is 2.63. The summed E-state index contributed by atoms with van der Waals surface area (Å²) >= 11 is 5.77. The van der Waals surface area contributed by atoms with Crippen LogP contribution < -0.4 is 10.2 Å². The van der Waals surface area contributed by atoms with Crippen molar-refractivity contribution in [2.45, 2.75) is 26.2 Å². The lowest BCUT2D eigenvalue weighted by Gasteiger charge is -2.28. The van der Waals surface area contributed by atoms with Crippen LogP contribution in [0, 0.1) is 17.0 Å². The summed E-state index contributed by atoms with van der Waals surface area (Å²) in [5.41, 5.74) is 2.06. The number of nitrogens with zero attached hydrogens (tertiary/aromatic N) is 2. The minimum absolute atomic E-state index is 0.0250. The zero-order valence-electron chi connectivity index (χ0n) is 14.7. The summed E-state index contributed by atoms with van der Waals surface area (Å²) in [5.74, 6) is -0.370. The van der Waals surface area contributed by atoms with Gasteiger partial charge in [0.2, 0.25) is 5.91 Å². The van der Waals surface area contributed by atoms with Crippen molar-refractivity contribution < 1.29 is 14.5 Å². The van der Waals surface area contributed by atoms with E-state index < -0.39 is 10.8 Å². The number of halogens is 1. The van der Waals surface area contributed by atoms with E-state index in [1.807, 2.05) is 6.92 Å². The SMILES string of the molecule is Cc1cc(NC(=O)c2ccc(Cl)c([N+](=O)[O-])c2)ccc1N1CCCCC1=O. The molecular formula is C19H18ClN3O4. The second kappa shape index (κ2) is 7.75. The van der Waals surface area contributed by atoms with Crippen LogP contribution in [0.2, 0.25) is 5.02 Å². The van der Waals surface area contributed by atoms with Gasteiger partial charge in [-0.2, -0.15) is 0 Å². The van der Waals surface area contributed by atoms with E-state index in [4.69, 9.17) is 11.6 Å². The summed E-state index contributed by atoms with van der Waals surface area (Å²) in [7, 11) is 0. The molecule has 2 aromatic rings. The van der Waals surface area contributed by atoms with E-state index in [9.17, 15) is 19.7 Å². The third-order valence-corrected chi connectivity index (χ3v) is 4.79. The number of nitrogens with one attached hydrogen (secondary N) is 1. The molecule has 1 saturated heterocycles. The number of nitro benzene ring substituents is 1. The molecule has 0 radical (unpaired) electrons. The molecule has 27 heavy (non-hydrogen) atoms. The molecule has 1 aliphatic heterocycles. The smallest absolute Gasteiger partial charge is 0.288 e. The van der Waals surface area contributed by atoms with Crippen molar-refractivity contribution in [1.29, 1.82) is 0 Å². The van der Waals surface area contributed by atoms with Crippen molar-refractivity contribution in [2.24, 2.45) is 0 Å². The molecule has 1 fully saturated rings. The molecule has 140 valence electrons. The minimum Gasteiger partial charge on any atom is -0.322 e. The number of aryl methyl sites for hydroxylation is 1. The highest BCUT2D eigenvalue weighted by Crippen LogP contribution is 2.28. The average molecular weight is 388 g/mol. The van der Waals surface area contributed by atoms with Crippen molar-refractivity contribution in [2.75, 3.05) is 16.8 Å². The molecule has 3 rings (SSSR count). The number of hydrogen-bond donors (Lipinski definition) is 1. The Morgan fingerprint density at radius 1 is 1.22 bits per heavy atom. The van der Waals surface area contributed by atoms with Gasteiger partial charge < -0.3 is 10.2 Å². The van der Waals surface area contributed by atoms with Crippen molar-refractivity contribution >= 4 is 40.5 Å². The number of rotatable bonds is 4. The molecule has 0 atom stereocenters. The Balaban J connectivity index is 1.79. The second-order valence-corrected chi connectivity index (χ2v) is 6.79. The van der Waals surface area contributed by atoms with E-state index in [-0.39, 0.29) is 22.2 Å². The maximum atomic E-state index is 12.4. The number of anilines is 2. The maximum absolute atomic E-state index is 12.4. The second-order valence-electron chi connectivity index (χ2n) is 6.38. The third-order valence-electron chi connectivity index (χ3n) is 4.47. The number of nitro groups is 1. The number of carbonyl (C=O) groups excluding carboxylic acids is 2. The minimum atomic E-state index is -0.631. The number of benzene rings is 2. The topological polar surface area (TPSA) is 92.5 Å². The Bertz CT molecular complexity index is 929. The van der Waals surface area contributed by atoms with Gasteiger partial charge in [0.15, 0.2) is 0 Å². The summed E-state index contributed by atoms with van der Waals surface area (Å²) in [5, 5.41) is 13.7. The van der Waals surface area contributed by atoms with Gasteiger partial charge in [-0.3, -0.25) is 19.7 Å². The monoisotopic (exact) mass is 387 g/mol. The molecule has 1 aliphatic rings. The van der Waals surface area contributed by atoms with E-state index in [0.29, 0.717) is 18.7 Å². The predicted molar refractivity (Wildman–Crippen MR) is 103 cm³/mol. The molecule has 0 aliphatic carbocycles. The van der Waals surface area contributed by atoms with Gasteiger partial charge in [0.1, 0.15) is 5.02 Å². The molecule has 1 N–H and O–H groups in total. The van der Waals surface area contributed by atoms with Gasteiger partial charge in [-0.1, -0.05) is 11.6 Å². The Labute approximate surface area is 161 Å². The molecule has 0 aromatic heterocycles. The lowest BCUT2D eigenvalue weighted by atomic mass is 10.1. The normalized spacial score (nSPS) is 14.1. The quantitative estimate of drug-likeness (QED) is 0.624. The third kappa shape index (κ3) is 4.09. The Morgan fingerprint density at radius 3 is 2.67 bits per heavy atom. The fourth-order valence-electron chi connectivity index (χ4n) is 3.09. The summed E-state index contributed by atoms with van der Waals surface area (Å²) < 4.78 is 0. The van der Waals surface area contributed by atoms with Gasteiger partial charge in [-0.05, 0) is 55.7 Å². The van der Waals surface area contributed by atoms with Crippen molar-refractivity contribution in [3.63, 3.8) is 0 Å². The van der Waals surface area contributed by atoms with Gasteiger partial charge >= 0.3 is 0 Å². The lowest BCUT2D eigenvalue weighted by Crippen LogP contribution is -2.35. The van der Waals surface area contributed by atoms with Crippen LogP contribution in [-0.2, 0) is 4.79 Å². The highest BCUT2D eigenvalue weighted by Gasteiger charge is 2.21. The van der Waals surface area contributed by atoms with E-state index in [1.54, 1.807) is 23.1 Å². The van der Waals surface area contributed by atoms with E-state index in [0.717, 1.165) is 30.2 Å². The molecule has 0 bridgehead atoms. The van der Waals surface area contributed by atoms with Gasteiger partial charge in [-0.15, -0.1) is 0 Å². The molecule has 2 amide bonds. The van der Waals surface area contributed by atoms with Crippen LogP contribution >= 0.6 is 11.6 Å². The first-order valence-electron chi connectivity index (χ1n) is 8.53. The lowest BCUT2D eigenvalue weighted by molar-refractivity contribution is -0.384. The highest BCUT2D eigenvalue weighted by molar-refractivity contribution is 6.32. The number of carbonyl (C=O) groups is 2. The molecule has 2 aromatic carbocycles. The first-order valence-corrected chi connectivity index (χ1v) is 8.91. The summed E-state index contributed by atoms with van der Waals surface area (Å²) in [6, 6.07) is 9.19. The summed E-state index contributed by atoms with van der Waals surface area (Å²) in [6.07, 6.45) is 2.43. The molecule has 7 nitrogen and oxygen atoms in total. The zero-order valence-corrected chi connectivity index (χ0v) is 15.5. The zero-order chi connectivity index (χ0) is 19.6. The Morgan fingerprint density at radius 2 is 2.00 bits per heavy atom. The van der Waals surface area contributed by atoms with Crippen LogP contribution in [0.5, 0.6) is 0 Å². The Hall–Kier alpha value is -2.93. The molecule has 0 saturated carbocycles. The van der Waals surface area contributed by atoms with Crippen LogP contribution in [0.4, 0.5) is 17.1 Å². The predicted octanol–water partition coefficient (Wildman–Crippen LogP) is 4.33. The first kappa shape index (κ1) is 18.8. The molecule has 0 unspecified atom stereocenters. The molecular weight excluding hydrogens is 370 g/mol. The van der Waals surface area contributed by atoms with Crippen molar-refractivity contribution in [3.8, 4) is 0 Å². The van der Waals surface area contributed by atoms with E-state index in [1.165, 1.54) is 12.1 Å². The standard InChI is InChI=1S/C19H18ClN3O4/c1-12-10-14(6-8-16(12)22-9-3-2-4-18(22)24)21-19(25)13-5-7-15(20)17(11-13)23(26)27/h5-8,10-11H,2-4,9H2,1H3,(H,21,25). The van der Waals surface area contributed by atoms with Crippen molar-refractivity contribution in [3.05, 3.63) is 62.7 Å². The van der Waals surface area contributed by atoms with Gasteiger partial charge in [0.05, 0.1) is 4.92 Å². The van der Waals surface area contributed by atoms with Crippen LogP contribution in [0.25, 0.3) is 0 Å².